The lowest BCUT2D eigenvalue weighted by atomic mass is 9.97. The van der Waals surface area contributed by atoms with Crippen LogP contribution in [-0.2, 0) is 29.6 Å². The van der Waals surface area contributed by atoms with Crippen LogP contribution in [0.15, 0.2) is 36.4 Å². The number of carbonyl (C=O) groups is 1. The van der Waals surface area contributed by atoms with E-state index in [1.807, 2.05) is 12.1 Å². The zero-order valence-electron chi connectivity index (χ0n) is 19.3. The normalized spacial score (nSPS) is 23.6. The first-order valence-electron chi connectivity index (χ1n) is 11.3. The minimum Gasteiger partial charge on any atom is -0.497 e. The molecular formula is C22H29N3O7S3. The van der Waals surface area contributed by atoms with Crippen LogP contribution in [0, 0.1) is 0 Å². The van der Waals surface area contributed by atoms with E-state index in [1.54, 1.807) is 36.9 Å². The number of methoxy groups -OCH3 is 1. The van der Waals surface area contributed by atoms with E-state index in [1.165, 1.54) is 19.9 Å². The molecule has 2 N–H and O–H groups in total. The Hall–Kier alpha value is -2.03. The number of amides is 1. The minimum atomic E-state index is -3.98. The molecule has 2 aliphatic heterocycles. The molecule has 2 aromatic rings. The number of sulfone groups is 1. The Morgan fingerprint density at radius 1 is 1.09 bits per heavy atom. The zero-order valence-corrected chi connectivity index (χ0v) is 21.8. The molecule has 13 heteroatoms. The molecule has 1 atom stereocenters. The molecule has 1 unspecified atom stereocenters. The third kappa shape index (κ3) is 4.98. The van der Waals surface area contributed by atoms with E-state index >= 15 is 0 Å². The summed E-state index contributed by atoms with van der Waals surface area (Å²) in [5.41, 5.74) is 2.40. The Morgan fingerprint density at radius 3 is 2.37 bits per heavy atom. The van der Waals surface area contributed by atoms with Crippen molar-refractivity contribution in [2.24, 2.45) is 0 Å². The van der Waals surface area contributed by atoms with Crippen molar-refractivity contribution in [2.45, 2.75) is 30.4 Å². The van der Waals surface area contributed by atoms with Gasteiger partial charge in [0.2, 0.25) is 5.91 Å². The maximum absolute atomic E-state index is 13.7. The van der Waals surface area contributed by atoms with Crippen LogP contribution in [0.25, 0.3) is 10.4 Å². The highest BCUT2D eigenvalue weighted by Crippen LogP contribution is 2.45. The number of nitrogens with zero attached hydrogens (tertiary/aromatic N) is 2. The summed E-state index contributed by atoms with van der Waals surface area (Å²) in [5.74, 6) is -0.578. The Bertz CT molecular complexity index is 1270. The fraction of sp³-hybridized carbons (Fsp3) is 0.500. The van der Waals surface area contributed by atoms with Gasteiger partial charge in [0.15, 0.2) is 9.84 Å². The summed E-state index contributed by atoms with van der Waals surface area (Å²) in [6.07, 6.45) is 0.939. The molecule has 1 aromatic heterocycles. The smallest absolute Gasteiger partial charge is 0.282 e. The van der Waals surface area contributed by atoms with Crippen LogP contribution < -0.4 is 10.2 Å². The molecule has 1 amide bonds. The van der Waals surface area contributed by atoms with Gasteiger partial charge in [0.25, 0.3) is 10.2 Å². The Labute approximate surface area is 209 Å². The van der Waals surface area contributed by atoms with Crippen molar-refractivity contribution < 1.29 is 31.6 Å². The fourth-order valence-corrected chi connectivity index (χ4v) is 10.1. The summed E-state index contributed by atoms with van der Waals surface area (Å²) in [7, 11) is -6.22. The zero-order chi connectivity index (χ0) is 25.3. The first-order valence-corrected chi connectivity index (χ1v) is 15.1. The number of thiophene rings is 1. The van der Waals surface area contributed by atoms with Gasteiger partial charge in [-0.05, 0) is 61.2 Å². The van der Waals surface area contributed by atoms with Crippen molar-refractivity contribution in [1.29, 1.82) is 0 Å². The van der Waals surface area contributed by atoms with Gasteiger partial charge in [0.1, 0.15) is 10.5 Å². The molecule has 0 aliphatic carbocycles. The molecule has 3 heterocycles. The Kier molecular flexibility index (Phi) is 7.55. The fourth-order valence-electron chi connectivity index (χ4n) is 4.66. The van der Waals surface area contributed by atoms with E-state index in [2.05, 4.69) is 0 Å². The molecule has 1 aromatic carbocycles. The van der Waals surface area contributed by atoms with Crippen LogP contribution in [-0.4, -0.2) is 75.6 Å². The van der Waals surface area contributed by atoms with Gasteiger partial charge < -0.3 is 4.74 Å². The second-order valence-electron chi connectivity index (χ2n) is 8.68. The monoisotopic (exact) mass is 543 g/mol. The average Bonchev–Trinajstić information content (AvgIpc) is 3.54. The largest absolute Gasteiger partial charge is 0.497 e. The molecule has 0 radical (unpaired) electrons. The van der Waals surface area contributed by atoms with Crippen molar-refractivity contribution in [3.63, 3.8) is 0 Å². The van der Waals surface area contributed by atoms with Gasteiger partial charge in [-0.15, -0.1) is 11.3 Å². The molecule has 192 valence electrons. The number of hydroxylamine groups is 1. The van der Waals surface area contributed by atoms with Crippen molar-refractivity contribution in [3.05, 3.63) is 41.3 Å². The molecule has 4 rings (SSSR count). The standard InChI is InChI=1S/C22H29N3O7S3/c1-32-18-6-4-17(5-7-18)19-8-9-20(33-19)22(16-21(26)23-27)10-13-25(14-15-34(22,28)29)35(30,31)24-11-2-3-12-24/h4-9,27H,2-3,10-16H2,1H3,(H,23,26). The highest BCUT2D eigenvalue weighted by atomic mass is 32.2. The number of nitrogens with one attached hydrogen (secondary N) is 1. The highest BCUT2D eigenvalue weighted by Gasteiger charge is 2.51. The van der Waals surface area contributed by atoms with Crippen LogP contribution in [0.1, 0.15) is 30.6 Å². The molecular weight excluding hydrogens is 514 g/mol. The van der Waals surface area contributed by atoms with Crippen molar-refractivity contribution >= 4 is 37.3 Å². The van der Waals surface area contributed by atoms with Crippen LogP contribution in [0.4, 0.5) is 0 Å². The van der Waals surface area contributed by atoms with Gasteiger partial charge in [0, 0.05) is 35.9 Å². The molecule has 0 bridgehead atoms. The number of carbonyl (C=O) groups excluding carboxylic acids is 1. The topological polar surface area (TPSA) is 133 Å². The van der Waals surface area contributed by atoms with Crippen LogP contribution >= 0.6 is 11.3 Å². The maximum Gasteiger partial charge on any atom is 0.282 e. The summed E-state index contributed by atoms with van der Waals surface area (Å²) in [5, 5.41) is 9.21. The minimum absolute atomic E-state index is 0.0491. The molecule has 35 heavy (non-hydrogen) atoms. The number of ether oxygens (including phenoxy) is 1. The van der Waals surface area contributed by atoms with Crippen molar-refractivity contribution in [2.75, 3.05) is 39.0 Å². The van der Waals surface area contributed by atoms with Gasteiger partial charge in [-0.1, -0.05) is 0 Å². The summed E-state index contributed by atoms with van der Waals surface area (Å²) in [6.45, 7) is 0.604. The molecule has 2 aliphatic rings. The number of hydrogen-bond acceptors (Lipinski definition) is 8. The predicted molar refractivity (Wildman–Crippen MR) is 132 cm³/mol. The van der Waals surface area contributed by atoms with Crippen LogP contribution in [0.3, 0.4) is 0 Å². The second-order valence-corrected chi connectivity index (χ2v) is 14.1. The van der Waals surface area contributed by atoms with Crippen LogP contribution in [0.2, 0.25) is 0 Å². The molecule has 0 saturated carbocycles. The van der Waals surface area contributed by atoms with E-state index in [-0.39, 0.29) is 19.5 Å². The van der Waals surface area contributed by atoms with E-state index in [0.717, 1.165) is 23.3 Å². The summed E-state index contributed by atoms with van der Waals surface area (Å²) in [4.78, 5) is 13.6. The maximum atomic E-state index is 13.7. The Balaban J connectivity index is 1.72. The first kappa shape index (κ1) is 26.0. The highest BCUT2D eigenvalue weighted by molar-refractivity contribution is 7.92. The lowest BCUT2D eigenvalue weighted by Gasteiger charge is -2.30. The lowest BCUT2D eigenvalue weighted by molar-refractivity contribution is -0.129. The lowest BCUT2D eigenvalue weighted by Crippen LogP contribution is -2.43. The van der Waals surface area contributed by atoms with Gasteiger partial charge in [-0.25, -0.2) is 13.9 Å². The summed E-state index contributed by atoms with van der Waals surface area (Å²) < 4.78 is 59.8. The van der Waals surface area contributed by atoms with E-state index in [4.69, 9.17) is 4.74 Å². The van der Waals surface area contributed by atoms with E-state index in [9.17, 15) is 26.8 Å². The van der Waals surface area contributed by atoms with E-state index < -0.39 is 42.9 Å². The number of rotatable bonds is 7. The third-order valence-electron chi connectivity index (χ3n) is 6.69. The van der Waals surface area contributed by atoms with Gasteiger partial charge in [-0.2, -0.15) is 17.0 Å². The summed E-state index contributed by atoms with van der Waals surface area (Å²) >= 11 is 1.24. The van der Waals surface area contributed by atoms with Crippen molar-refractivity contribution in [1.82, 2.24) is 14.1 Å². The van der Waals surface area contributed by atoms with E-state index in [0.29, 0.717) is 23.7 Å². The van der Waals surface area contributed by atoms with Gasteiger partial charge in [0.05, 0.1) is 19.3 Å². The SMILES string of the molecule is COc1ccc(-c2ccc(C3(CC(=O)NO)CCN(S(=O)(=O)N4CCCC4)CCS3(=O)=O)s2)cc1. The summed E-state index contributed by atoms with van der Waals surface area (Å²) in [6, 6.07) is 10.8. The van der Waals surface area contributed by atoms with Crippen LogP contribution in [0.5, 0.6) is 5.75 Å². The Morgan fingerprint density at radius 2 is 1.74 bits per heavy atom. The average molecular weight is 544 g/mol. The van der Waals surface area contributed by atoms with Gasteiger partial charge in [-0.3, -0.25) is 10.0 Å². The van der Waals surface area contributed by atoms with Crippen molar-refractivity contribution in [3.8, 4) is 16.2 Å². The van der Waals surface area contributed by atoms with Gasteiger partial charge >= 0.3 is 0 Å². The molecule has 2 fully saturated rings. The molecule has 10 nitrogen and oxygen atoms in total. The first-order chi connectivity index (χ1) is 16.6. The third-order valence-corrected chi connectivity index (χ3v) is 12.7. The predicted octanol–water partition coefficient (Wildman–Crippen LogP) is 1.98. The number of benzene rings is 1. The second kappa shape index (κ2) is 10.1. The molecule has 2 saturated heterocycles. The molecule has 0 spiro atoms. The number of hydrogen-bond donors (Lipinski definition) is 2. The quantitative estimate of drug-likeness (QED) is 0.403.